The quantitative estimate of drug-likeness (QED) is 0.745. The van der Waals surface area contributed by atoms with Crippen molar-refractivity contribution in [1.82, 2.24) is 9.80 Å². The highest BCUT2D eigenvalue weighted by Crippen LogP contribution is 2.70. The first-order chi connectivity index (χ1) is 10.1. The number of likely N-dealkylation sites (tertiary alicyclic amines) is 1. The molecule has 2 saturated carbocycles. The molecule has 3 aliphatic carbocycles. The summed E-state index contributed by atoms with van der Waals surface area (Å²) >= 11 is 0. The van der Waals surface area contributed by atoms with E-state index in [4.69, 9.17) is 0 Å². The molecule has 0 N–H and O–H groups in total. The highest BCUT2D eigenvalue weighted by atomic mass is 16.2. The Kier molecular flexibility index (Phi) is 3.18. The van der Waals surface area contributed by atoms with Crippen LogP contribution in [-0.4, -0.2) is 48.9 Å². The van der Waals surface area contributed by atoms with Gasteiger partial charge in [0.1, 0.15) is 0 Å². The van der Waals surface area contributed by atoms with Crippen molar-refractivity contribution in [3.05, 3.63) is 12.2 Å². The monoisotopic (exact) mass is 288 g/mol. The van der Waals surface area contributed by atoms with E-state index in [9.17, 15) is 4.79 Å². The smallest absolute Gasteiger partial charge is 0.226 e. The summed E-state index contributed by atoms with van der Waals surface area (Å²) in [5.41, 5.74) is 0.535. The van der Waals surface area contributed by atoms with E-state index in [0.29, 0.717) is 35.1 Å². The van der Waals surface area contributed by atoms with Crippen LogP contribution in [0.15, 0.2) is 12.2 Å². The lowest BCUT2D eigenvalue weighted by atomic mass is 9.87. The summed E-state index contributed by atoms with van der Waals surface area (Å²) in [5.74, 6) is 2.06. The van der Waals surface area contributed by atoms with Gasteiger partial charge in [0, 0.05) is 25.0 Å². The summed E-state index contributed by atoms with van der Waals surface area (Å²) in [5, 5.41) is 0. The number of hydrogen-bond donors (Lipinski definition) is 0. The van der Waals surface area contributed by atoms with E-state index in [1.807, 2.05) is 0 Å². The van der Waals surface area contributed by atoms with Gasteiger partial charge in [0.25, 0.3) is 0 Å². The van der Waals surface area contributed by atoms with Crippen molar-refractivity contribution in [2.75, 3.05) is 27.2 Å². The molecule has 0 aromatic heterocycles. The van der Waals surface area contributed by atoms with Crippen molar-refractivity contribution < 1.29 is 4.79 Å². The average Bonchev–Trinajstić information content (AvgIpc) is 3.13. The molecule has 2 bridgehead atoms. The van der Waals surface area contributed by atoms with Crippen LogP contribution in [0.25, 0.3) is 0 Å². The number of rotatable bonds is 3. The Morgan fingerprint density at radius 1 is 1.29 bits per heavy atom. The molecule has 1 spiro atoms. The molecule has 21 heavy (non-hydrogen) atoms. The van der Waals surface area contributed by atoms with Crippen molar-refractivity contribution in [2.45, 2.75) is 44.6 Å². The van der Waals surface area contributed by atoms with Crippen molar-refractivity contribution in [3.63, 3.8) is 0 Å². The first kappa shape index (κ1) is 13.8. The van der Waals surface area contributed by atoms with Gasteiger partial charge in [0.05, 0.1) is 0 Å². The van der Waals surface area contributed by atoms with Crippen LogP contribution in [0.1, 0.15) is 38.5 Å². The summed E-state index contributed by atoms with van der Waals surface area (Å²) in [6.45, 7) is 2.01. The van der Waals surface area contributed by atoms with Gasteiger partial charge >= 0.3 is 0 Å². The van der Waals surface area contributed by atoms with Gasteiger partial charge in [0.15, 0.2) is 0 Å². The minimum absolute atomic E-state index is 0.297. The van der Waals surface area contributed by atoms with Gasteiger partial charge in [-0.2, -0.15) is 0 Å². The maximum absolute atomic E-state index is 13.2. The molecule has 1 saturated heterocycles. The van der Waals surface area contributed by atoms with E-state index in [1.165, 1.54) is 32.1 Å². The Balaban J connectivity index is 1.50. The lowest BCUT2D eigenvalue weighted by Gasteiger charge is -2.39. The van der Waals surface area contributed by atoms with Crippen LogP contribution >= 0.6 is 0 Å². The van der Waals surface area contributed by atoms with Gasteiger partial charge in [-0.05, 0) is 69.9 Å². The number of amides is 1. The van der Waals surface area contributed by atoms with Crippen LogP contribution in [0.5, 0.6) is 0 Å². The van der Waals surface area contributed by atoms with E-state index in [0.717, 1.165) is 19.5 Å². The Morgan fingerprint density at radius 2 is 2.10 bits per heavy atom. The van der Waals surface area contributed by atoms with Gasteiger partial charge in [-0.15, -0.1) is 0 Å². The minimum Gasteiger partial charge on any atom is -0.338 e. The molecule has 0 aromatic carbocycles. The molecule has 1 aliphatic heterocycles. The molecule has 1 heterocycles. The summed E-state index contributed by atoms with van der Waals surface area (Å²) in [7, 11) is 4.24. The lowest BCUT2D eigenvalue weighted by Crippen LogP contribution is -2.51. The number of hydrogen-bond acceptors (Lipinski definition) is 2. The predicted molar refractivity (Wildman–Crippen MR) is 83.8 cm³/mol. The van der Waals surface area contributed by atoms with Crippen LogP contribution in [0.2, 0.25) is 0 Å². The fourth-order valence-electron chi connectivity index (χ4n) is 5.37. The van der Waals surface area contributed by atoms with Crippen molar-refractivity contribution in [1.29, 1.82) is 0 Å². The first-order valence-electron chi connectivity index (χ1n) is 8.75. The fourth-order valence-corrected chi connectivity index (χ4v) is 5.37. The average molecular weight is 288 g/mol. The molecule has 3 nitrogen and oxygen atoms in total. The second kappa shape index (κ2) is 4.84. The number of carbonyl (C=O) groups is 1. The zero-order valence-corrected chi connectivity index (χ0v) is 13.4. The molecule has 0 aromatic rings. The molecule has 0 unspecified atom stereocenters. The molecule has 0 radical (unpaired) electrons. The van der Waals surface area contributed by atoms with Gasteiger partial charge in [-0.1, -0.05) is 12.2 Å². The zero-order chi connectivity index (χ0) is 14.6. The largest absolute Gasteiger partial charge is 0.338 e. The van der Waals surface area contributed by atoms with Crippen molar-refractivity contribution in [2.24, 2.45) is 23.2 Å². The van der Waals surface area contributed by atoms with Crippen LogP contribution in [0.4, 0.5) is 0 Å². The molecule has 3 fully saturated rings. The van der Waals surface area contributed by atoms with Gasteiger partial charge in [0.2, 0.25) is 5.91 Å². The maximum atomic E-state index is 13.2. The first-order valence-corrected chi connectivity index (χ1v) is 8.75. The van der Waals surface area contributed by atoms with Crippen molar-refractivity contribution >= 4 is 5.91 Å². The molecule has 4 rings (SSSR count). The van der Waals surface area contributed by atoms with E-state index >= 15 is 0 Å². The maximum Gasteiger partial charge on any atom is 0.226 e. The standard InChI is InChI=1S/C18H28N2O/c1-19(2)12-14-5-3-4-10-20(14)17(21)15-11-13-6-7-16(15)18(13)8-9-18/h6-7,13-16H,3-5,8-12H2,1-2H3/t13-,14+,15+,16-/m1/s1. The molecule has 4 aliphatic rings. The fraction of sp³-hybridized carbons (Fsp3) is 0.833. The third-order valence-electron chi connectivity index (χ3n) is 6.53. The van der Waals surface area contributed by atoms with E-state index in [-0.39, 0.29) is 0 Å². The Bertz CT molecular complexity index is 466. The Hall–Kier alpha value is -0.830. The highest BCUT2D eigenvalue weighted by molar-refractivity contribution is 5.81. The molecular formula is C18H28N2O. The summed E-state index contributed by atoms with van der Waals surface area (Å²) in [6, 6.07) is 0.444. The van der Waals surface area contributed by atoms with Gasteiger partial charge in [-0.3, -0.25) is 4.79 Å². The third-order valence-corrected chi connectivity index (χ3v) is 6.53. The van der Waals surface area contributed by atoms with Crippen molar-refractivity contribution in [3.8, 4) is 0 Å². The number of carbonyl (C=O) groups excluding carboxylic acids is 1. The molecule has 116 valence electrons. The van der Waals surface area contributed by atoms with Crippen LogP contribution < -0.4 is 0 Å². The molecular weight excluding hydrogens is 260 g/mol. The predicted octanol–water partition coefficient (Wildman–Crippen LogP) is 2.53. The van der Waals surface area contributed by atoms with Crippen LogP contribution in [-0.2, 0) is 4.79 Å². The normalized spacial score (nSPS) is 39.5. The zero-order valence-electron chi connectivity index (χ0n) is 13.4. The Labute approximate surface area is 128 Å². The number of piperidine rings is 1. The Morgan fingerprint density at radius 3 is 2.76 bits per heavy atom. The SMILES string of the molecule is CN(C)C[C@@H]1CCCCN1C(=O)[C@H]1C[C@H]2C=C[C@H]1C21CC1. The summed E-state index contributed by atoms with van der Waals surface area (Å²) in [4.78, 5) is 17.7. The summed E-state index contributed by atoms with van der Waals surface area (Å²) in [6.07, 6.45) is 12.3. The summed E-state index contributed by atoms with van der Waals surface area (Å²) < 4.78 is 0. The molecule has 4 atom stereocenters. The molecule has 1 amide bonds. The van der Waals surface area contributed by atoms with Crippen LogP contribution in [0, 0.1) is 23.2 Å². The van der Waals surface area contributed by atoms with Gasteiger partial charge in [-0.25, -0.2) is 0 Å². The molecule has 3 heteroatoms. The second-order valence-electron chi connectivity index (χ2n) is 8.04. The highest BCUT2D eigenvalue weighted by Gasteiger charge is 2.64. The topological polar surface area (TPSA) is 23.6 Å². The second-order valence-corrected chi connectivity index (χ2v) is 8.04. The van der Waals surface area contributed by atoms with E-state index < -0.39 is 0 Å². The number of allylic oxidation sites excluding steroid dienone is 2. The minimum atomic E-state index is 0.297. The van der Waals surface area contributed by atoms with Gasteiger partial charge < -0.3 is 9.80 Å². The number of nitrogens with zero attached hydrogens (tertiary/aromatic N) is 2. The third kappa shape index (κ3) is 2.08. The number of likely N-dealkylation sites (N-methyl/N-ethyl adjacent to an activating group) is 1. The van der Waals surface area contributed by atoms with Crippen LogP contribution in [0.3, 0.4) is 0 Å². The van der Waals surface area contributed by atoms with E-state index in [2.05, 4.69) is 36.0 Å². The lowest BCUT2D eigenvalue weighted by molar-refractivity contribution is -0.140. The van der Waals surface area contributed by atoms with E-state index in [1.54, 1.807) is 0 Å².